The molecule has 0 atom stereocenters. The predicted molar refractivity (Wildman–Crippen MR) is 64.2 cm³/mol. The minimum Gasteiger partial charge on any atom is -0.316 e. The molecule has 17 heavy (non-hydrogen) atoms. The minimum absolute atomic E-state index is 0.281. The number of alkyl halides is 1. The van der Waals surface area contributed by atoms with Gasteiger partial charge in [0.2, 0.25) is 0 Å². The molecule has 0 saturated heterocycles. The van der Waals surface area contributed by atoms with E-state index in [4.69, 9.17) is 0 Å². The second-order valence-electron chi connectivity index (χ2n) is 3.70. The fraction of sp³-hybridized carbons (Fsp3) is 0.333. The molecule has 2 aromatic heterocycles. The van der Waals surface area contributed by atoms with Crippen molar-refractivity contribution in [2.75, 3.05) is 13.7 Å². The highest BCUT2D eigenvalue weighted by molar-refractivity contribution is 5.57. The van der Waals surface area contributed by atoms with Crippen molar-refractivity contribution in [2.24, 2.45) is 0 Å². The molecule has 0 aliphatic heterocycles. The lowest BCUT2D eigenvalue weighted by atomic mass is 10.2. The third-order valence-electron chi connectivity index (χ3n) is 2.43. The Balaban J connectivity index is 2.37. The van der Waals surface area contributed by atoms with Crippen molar-refractivity contribution >= 4 is 0 Å². The predicted octanol–water partition coefficient (Wildman–Crippen LogP) is 1.63. The van der Waals surface area contributed by atoms with Crippen LogP contribution in [0.5, 0.6) is 0 Å². The number of pyridine rings is 1. The Morgan fingerprint density at radius 1 is 1.41 bits per heavy atom. The van der Waals surface area contributed by atoms with Gasteiger partial charge in [-0.2, -0.15) is 5.10 Å². The van der Waals surface area contributed by atoms with Crippen LogP contribution in [-0.4, -0.2) is 28.5 Å². The van der Waals surface area contributed by atoms with E-state index in [1.807, 2.05) is 31.4 Å². The van der Waals surface area contributed by atoms with Crippen LogP contribution in [0.4, 0.5) is 4.39 Å². The average molecular weight is 234 g/mol. The number of aromatic nitrogens is 3. The van der Waals surface area contributed by atoms with E-state index in [1.165, 1.54) is 0 Å². The topological polar surface area (TPSA) is 42.7 Å². The number of aryl methyl sites for hydroxylation is 1. The number of hydrogen-bond acceptors (Lipinski definition) is 3. The first kappa shape index (κ1) is 11.7. The van der Waals surface area contributed by atoms with E-state index in [1.54, 1.807) is 10.9 Å². The summed E-state index contributed by atoms with van der Waals surface area (Å²) in [6.07, 6.45) is 3.59. The fourth-order valence-electron chi connectivity index (χ4n) is 1.70. The van der Waals surface area contributed by atoms with Gasteiger partial charge in [-0.3, -0.25) is 9.67 Å². The van der Waals surface area contributed by atoms with Gasteiger partial charge in [0.05, 0.1) is 12.2 Å². The van der Waals surface area contributed by atoms with Crippen molar-refractivity contribution in [3.05, 3.63) is 36.2 Å². The fourth-order valence-corrected chi connectivity index (χ4v) is 1.70. The Morgan fingerprint density at radius 3 is 2.94 bits per heavy atom. The van der Waals surface area contributed by atoms with Crippen LogP contribution in [0, 0.1) is 0 Å². The molecule has 5 heteroatoms. The molecule has 0 amide bonds. The maximum absolute atomic E-state index is 12.3. The highest BCUT2D eigenvalue weighted by atomic mass is 19.1. The van der Waals surface area contributed by atoms with Crippen LogP contribution in [0.3, 0.4) is 0 Å². The van der Waals surface area contributed by atoms with Gasteiger partial charge in [0.25, 0.3) is 0 Å². The van der Waals surface area contributed by atoms with E-state index in [9.17, 15) is 4.39 Å². The largest absolute Gasteiger partial charge is 0.316 e. The Kier molecular flexibility index (Phi) is 3.82. The highest BCUT2D eigenvalue weighted by Gasteiger charge is 2.11. The molecule has 0 bridgehead atoms. The van der Waals surface area contributed by atoms with Crippen LogP contribution in [-0.2, 0) is 13.1 Å². The number of rotatable bonds is 5. The van der Waals surface area contributed by atoms with Crippen LogP contribution >= 0.6 is 0 Å². The van der Waals surface area contributed by atoms with Gasteiger partial charge in [-0.1, -0.05) is 6.07 Å². The Hall–Kier alpha value is -1.75. The second kappa shape index (κ2) is 5.54. The van der Waals surface area contributed by atoms with Crippen molar-refractivity contribution in [2.45, 2.75) is 13.1 Å². The van der Waals surface area contributed by atoms with Crippen molar-refractivity contribution in [1.29, 1.82) is 0 Å². The SMILES string of the molecule is CNCc1cn(CCF)nc1-c1ccccn1. The van der Waals surface area contributed by atoms with Crippen LogP contribution in [0.1, 0.15) is 5.56 Å². The summed E-state index contributed by atoms with van der Waals surface area (Å²) < 4.78 is 13.9. The zero-order valence-electron chi connectivity index (χ0n) is 9.73. The van der Waals surface area contributed by atoms with Gasteiger partial charge in [-0.05, 0) is 19.2 Å². The third-order valence-corrected chi connectivity index (χ3v) is 2.43. The molecule has 0 aromatic carbocycles. The maximum Gasteiger partial charge on any atom is 0.115 e. The molecule has 2 aromatic rings. The van der Waals surface area contributed by atoms with E-state index < -0.39 is 6.67 Å². The standard InChI is InChI=1S/C12H15FN4/c1-14-8-10-9-17(7-5-13)16-12(10)11-4-2-3-6-15-11/h2-4,6,9,14H,5,7-8H2,1H3. The second-order valence-corrected chi connectivity index (χ2v) is 3.70. The average Bonchev–Trinajstić information content (AvgIpc) is 2.74. The Bertz CT molecular complexity index is 467. The highest BCUT2D eigenvalue weighted by Crippen LogP contribution is 2.19. The molecule has 90 valence electrons. The summed E-state index contributed by atoms with van der Waals surface area (Å²) >= 11 is 0. The first-order valence-corrected chi connectivity index (χ1v) is 5.53. The van der Waals surface area contributed by atoms with Gasteiger partial charge in [-0.25, -0.2) is 4.39 Å². The molecule has 0 spiro atoms. The molecule has 1 N–H and O–H groups in total. The van der Waals surface area contributed by atoms with Crippen molar-refractivity contribution in [1.82, 2.24) is 20.1 Å². The van der Waals surface area contributed by atoms with Gasteiger partial charge < -0.3 is 5.32 Å². The molecule has 0 unspecified atom stereocenters. The normalized spacial score (nSPS) is 10.7. The molecule has 0 saturated carbocycles. The van der Waals surface area contributed by atoms with Gasteiger partial charge in [-0.15, -0.1) is 0 Å². The van der Waals surface area contributed by atoms with Crippen LogP contribution in [0.2, 0.25) is 0 Å². The van der Waals surface area contributed by atoms with Gasteiger partial charge in [0.15, 0.2) is 0 Å². The lowest BCUT2D eigenvalue weighted by Crippen LogP contribution is -2.05. The number of nitrogens with one attached hydrogen (secondary N) is 1. The van der Waals surface area contributed by atoms with E-state index in [0.717, 1.165) is 17.0 Å². The molecule has 0 fully saturated rings. The van der Waals surface area contributed by atoms with Gasteiger partial charge in [0.1, 0.15) is 12.4 Å². The molecule has 0 aliphatic carbocycles. The summed E-state index contributed by atoms with van der Waals surface area (Å²) in [7, 11) is 1.87. The molecular weight excluding hydrogens is 219 g/mol. The van der Waals surface area contributed by atoms with Gasteiger partial charge in [0, 0.05) is 24.5 Å². The Labute approximate surface area is 99.5 Å². The summed E-state index contributed by atoms with van der Waals surface area (Å²) in [6.45, 7) is 0.560. The number of halogens is 1. The summed E-state index contributed by atoms with van der Waals surface area (Å²) in [5, 5.41) is 7.44. The Morgan fingerprint density at radius 2 is 2.29 bits per heavy atom. The number of nitrogens with zero attached hydrogens (tertiary/aromatic N) is 3. The van der Waals surface area contributed by atoms with E-state index in [0.29, 0.717) is 6.54 Å². The van der Waals surface area contributed by atoms with Gasteiger partial charge >= 0.3 is 0 Å². The molecular formula is C12H15FN4. The van der Waals surface area contributed by atoms with Crippen molar-refractivity contribution in [3.63, 3.8) is 0 Å². The number of hydrogen-bond donors (Lipinski definition) is 1. The van der Waals surface area contributed by atoms with Crippen LogP contribution in [0.15, 0.2) is 30.6 Å². The molecule has 0 radical (unpaired) electrons. The summed E-state index contributed by atoms with van der Waals surface area (Å²) in [4.78, 5) is 4.27. The molecule has 0 aliphatic rings. The third kappa shape index (κ3) is 2.68. The monoisotopic (exact) mass is 234 g/mol. The molecule has 2 rings (SSSR count). The summed E-state index contributed by atoms with van der Waals surface area (Å²) in [5.74, 6) is 0. The minimum atomic E-state index is -0.414. The lowest BCUT2D eigenvalue weighted by molar-refractivity contribution is 0.427. The quantitative estimate of drug-likeness (QED) is 0.855. The van der Waals surface area contributed by atoms with E-state index in [-0.39, 0.29) is 6.54 Å². The lowest BCUT2D eigenvalue weighted by Gasteiger charge is -1.99. The maximum atomic E-state index is 12.3. The van der Waals surface area contributed by atoms with Crippen LogP contribution < -0.4 is 5.32 Å². The van der Waals surface area contributed by atoms with E-state index in [2.05, 4.69) is 15.4 Å². The molecule has 2 heterocycles. The molecule has 4 nitrogen and oxygen atoms in total. The first-order valence-electron chi connectivity index (χ1n) is 5.53. The smallest absolute Gasteiger partial charge is 0.115 e. The van der Waals surface area contributed by atoms with Crippen molar-refractivity contribution in [3.8, 4) is 11.4 Å². The summed E-state index contributed by atoms with van der Waals surface area (Å²) in [6, 6.07) is 5.68. The first-order chi connectivity index (χ1) is 8.35. The van der Waals surface area contributed by atoms with Crippen molar-refractivity contribution < 1.29 is 4.39 Å². The van der Waals surface area contributed by atoms with E-state index >= 15 is 0 Å². The zero-order valence-corrected chi connectivity index (χ0v) is 9.73. The zero-order chi connectivity index (χ0) is 12.1. The summed E-state index contributed by atoms with van der Waals surface area (Å²) in [5.41, 5.74) is 2.66. The van der Waals surface area contributed by atoms with Crippen LogP contribution in [0.25, 0.3) is 11.4 Å².